The minimum atomic E-state index is 0.0404. The van der Waals surface area contributed by atoms with Gasteiger partial charge < -0.3 is 15.5 Å². The summed E-state index contributed by atoms with van der Waals surface area (Å²) in [6, 6.07) is 8.21. The number of urea groups is 1. The molecule has 2 amide bonds. The highest BCUT2D eigenvalue weighted by molar-refractivity contribution is 6.30. The van der Waals surface area contributed by atoms with E-state index in [0.29, 0.717) is 6.54 Å². The third kappa shape index (κ3) is 2.55. The van der Waals surface area contributed by atoms with Crippen molar-refractivity contribution in [3.05, 3.63) is 34.9 Å². The number of nitrogens with one attached hydrogen (secondary N) is 2. The van der Waals surface area contributed by atoms with Crippen molar-refractivity contribution in [3.8, 4) is 0 Å². The summed E-state index contributed by atoms with van der Waals surface area (Å²) in [5, 5.41) is 7.04. The van der Waals surface area contributed by atoms with E-state index in [2.05, 4.69) is 10.6 Å². The molecule has 2 atom stereocenters. The Kier molecular flexibility index (Phi) is 3.62. The van der Waals surface area contributed by atoms with Gasteiger partial charge in [0.25, 0.3) is 0 Å². The van der Waals surface area contributed by atoms with E-state index in [1.807, 2.05) is 29.2 Å². The van der Waals surface area contributed by atoms with Crippen LogP contribution in [0.4, 0.5) is 4.79 Å². The smallest absolute Gasteiger partial charge is 0.318 e. The summed E-state index contributed by atoms with van der Waals surface area (Å²) in [6.07, 6.45) is 2.19. The number of carbonyl (C=O) groups is 1. The lowest BCUT2D eigenvalue weighted by Crippen LogP contribution is -2.48. The van der Waals surface area contributed by atoms with E-state index in [4.69, 9.17) is 11.6 Å². The van der Waals surface area contributed by atoms with Crippen LogP contribution in [0.2, 0.25) is 5.02 Å². The highest BCUT2D eigenvalue weighted by Crippen LogP contribution is 2.30. The molecule has 5 heteroatoms. The van der Waals surface area contributed by atoms with E-state index in [-0.39, 0.29) is 18.1 Å². The molecule has 0 bridgehead atoms. The van der Waals surface area contributed by atoms with Crippen molar-refractivity contribution in [2.24, 2.45) is 0 Å². The van der Waals surface area contributed by atoms with E-state index < -0.39 is 0 Å². The first-order chi connectivity index (χ1) is 9.25. The molecular formula is C14H18ClN3O. The zero-order chi connectivity index (χ0) is 13.2. The number of halogens is 1. The number of amides is 2. The molecule has 19 heavy (non-hydrogen) atoms. The summed E-state index contributed by atoms with van der Waals surface area (Å²) in [7, 11) is 0. The van der Waals surface area contributed by atoms with Crippen molar-refractivity contribution in [1.29, 1.82) is 0 Å². The van der Waals surface area contributed by atoms with Crippen LogP contribution in [0, 0.1) is 0 Å². The third-order valence-corrected chi connectivity index (χ3v) is 4.15. The Morgan fingerprint density at radius 2 is 2.21 bits per heavy atom. The topological polar surface area (TPSA) is 44.4 Å². The second-order valence-corrected chi connectivity index (χ2v) is 5.60. The third-order valence-electron chi connectivity index (χ3n) is 3.91. The molecule has 0 aliphatic carbocycles. The largest absolute Gasteiger partial charge is 0.336 e. The first-order valence-corrected chi connectivity index (χ1v) is 7.16. The van der Waals surface area contributed by atoms with Crippen molar-refractivity contribution in [3.63, 3.8) is 0 Å². The molecule has 2 saturated heterocycles. The van der Waals surface area contributed by atoms with Crippen molar-refractivity contribution >= 4 is 17.6 Å². The molecule has 2 fully saturated rings. The van der Waals surface area contributed by atoms with Crippen LogP contribution in [0.15, 0.2) is 24.3 Å². The molecule has 4 nitrogen and oxygen atoms in total. The molecule has 0 radical (unpaired) electrons. The number of carbonyl (C=O) groups excluding carboxylic acids is 1. The molecule has 1 aromatic carbocycles. The normalized spacial score (nSPS) is 27.4. The van der Waals surface area contributed by atoms with Crippen LogP contribution in [0.3, 0.4) is 0 Å². The Bertz CT molecular complexity index is 474. The zero-order valence-electron chi connectivity index (χ0n) is 10.7. The molecule has 102 valence electrons. The second-order valence-electron chi connectivity index (χ2n) is 5.16. The lowest BCUT2D eigenvalue weighted by molar-refractivity contribution is 0.159. The second kappa shape index (κ2) is 5.39. The Balaban J connectivity index is 1.85. The highest BCUT2D eigenvalue weighted by Gasteiger charge is 2.37. The average Bonchev–Trinajstić information content (AvgIpc) is 2.82. The summed E-state index contributed by atoms with van der Waals surface area (Å²) in [4.78, 5) is 14.1. The van der Waals surface area contributed by atoms with Gasteiger partial charge in [0.05, 0.1) is 6.04 Å². The lowest BCUT2D eigenvalue weighted by atomic mass is 10.0. The number of nitrogens with zero attached hydrogens (tertiary/aromatic N) is 1. The molecule has 1 unspecified atom stereocenters. The zero-order valence-corrected chi connectivity index (χ0v) is 11.5. The lowest BCUT2D eigenvalue weighted by Gasteiger charge is -2.35. The van der Waals surface area contributed by atoms with Gasteiger partial charge in [-0.25, -0.2) is 4.79 Å². The highest BCUT2D eigenvalue weighted by atomic mass is 35.5. The number of benzene rings is 1. The van der Waals surface area contributed by atoms with Gasteiger partial charge in [-0.15, -0.1) is 0 Å². The minimum absolute atomic E-state index is 0.0404. The van der Waals surface area contributed by atoms with Crippen molar-refractivity contribution in [2.45, 2.75) is 24.9 Å². The van der Waals surface area contributed by atoms with Crippen LogP contribution in [0.25, 0.3) is 0 Å². The molecular weight excluding hydrogens is 262 g/mol. The van der Waals surface area contributed by atoms with Gasteiger partial charge in [-0.3, -0.25) is 0 Å². The van der Waals surface area contributed by atoms with E-state index in [0.717, 1.165) is 36.5 Å². The maximum Gasteiger partial charge on any atom is 0.318 e. The van der Waals surface area contributed by atoms with E-state index in [1.54, 1.807) is 0 Å². The van der Waals surface area contributed by atoms with Gasteiger partial charge in [0.2, 0.25) is 0 Å². The summed E-state index contributed by atoms with van der Waals surface area (Å²) >= 11 is 6.06. The molecule has 2 heterocycles. The van der Waals surface area contributed by atoms with Gasteiger partial charge in [-0.2, -0.15) is 0 Å². The predicted molar refractivity (Wildman–Crippen MR) is 75.3 cm³/mol. The number of rotatable bonds is 2. The van der Waals surface area contributed by atoms with Crippen molar-refractivity contribution in [2.75, 3.05) is 19.6 Å². The van der Waals surface area contributed by atoms with Crippen LogP contribution in [0.5, 0.6) is 0 Å². The molecule has 2 aliphatic rings. The van der Waals surface area contributed by atoms with Crippen LogP contribution in [0.1, 0.15) is 24.4 Å². The van der Waals surface area contributed by atoms with Crippen molar-refractivity contribution in [1.82, 2.24) is 15.5 Å². The fourth-order valence-corrected chi connectivity index (χ4v) is 3.20. The van der Waals surface area contributed by atoms with Crippen molar-refractivity contribution < 1.29 is 4.79 Å². The van der Waals surface area contributed by atoms with Gasteiger partial charge in [0.15, 0.2) is 0 Å². The van der Waals surface area contributed by atoms with Gasteiger partial charge in [0, 0.05) is 24.2 Å². The monoisotopic (exact) mass is 279 g/mol. The molecule has 0 aromatic heterocycles. The quantitative estimate of drug-likeness (QED) is 0.871. The van der Waals surface area contributed by atoms with E-state index in [9.17, 15) is 4.79 Å². The Morgan fingerprint density at radius 1 is 1.32 bits per heavy atom. The standard InChI is InChI=1S/C14H18ClN3O/c15-11-4-1-3-10(7-11)13-9-17-14(19)18(13)12-5-2-6-16-8-12/h1,3-4,7,12-13,16H,2,5-6,8-9H2,(H,17,19)/t12?,13-/m0/s1. The Hall–Kier alpha value is -1.26. The van der Waals surface area contributed by atoms with Crippen LogP contribution in [-0.2, 0) is 0 Å². The fraction of sp³-hybridized carbons (Fsp3) is 0.500. The first kappa shape index (κ1) is 12.8. The van der Waals surface area contributed by atoms with E-state index in [1.165, 1.54) is 0 Å². The van der Waals surface area contributed by atoms with Gasteiger partial charge in [-0.05, 0) is 37.1 Å². The van der Waals surface area contributed by atoms with Crippen LogP contribution >= 0.6 is 11.6 Å². The summed E-state index contributed by atoms with van der Waals surface area (Å²) in [5.41, 5.74) is 1.11. The summed E-state index contributed by atoms with van der Waals surface area (Å²) < 4.78 is 0. The fourth-order valence-electron chi connectivity index (χ4n) is 3.00. The number of hydrogen-bond acceptors (Lipinski definition) is 2. The van der Waals surface area contributed by atoms with Gasteiger partial charge in [0.1, 0.15) is 0 Å². The number of piperidine rings is 1. The van der Waals surface area contributed by atoms with Gasteiger partial charge in [-0.1, -0.05) is 23.7 Å². The SMILES string of the molecule is O=C1NC[C@@H](c2cccc(Cl)c2)N1C1CCCNC1. The van der Waals surface area contributed by atoms with Crippen LogP contribution < -0.4 is 10.6 Å². The average molecular weight is 280 g/mol. The van der Waals surface area contributed by atoms with Crippen LogP contribution in [-0.4, -0.2) is 36.6 Å². The summed E-state index contributed by atoms with van der Waals surface area (Å²) in [5.74, 6) is 0. The molecule has 0 spiro atoms. The molecule has 1 aromatic rings. The Labute approximate surface area is 118 Å². The maximum absolute atomic E-state index is 12.1. The molecule has 2 aliphatic heterocycles. The molecule has 0 saturated carbocycles. The predicted octanol–water partition coefficient (Wildman–Crippen LogP) is 2.16. The van der Waals surface area contributed by atoms with E-state index >= 15 is 0 Å². The number of hydrogen-bond donors (Lipinski definition) is 2. The molecule has 2 N–H and O–H groups in total. The first-order valence-electron chi connectivity index (χ1n) is 6.78. The molecule has 3 rings (SSSR count). The minimum Gasteiger partial charge on any atom is -0.336 e. The maximum atomic E-state index is 12.1. The summed E-state index contributed by atoms with van der Waals surface area (Å²) in [6.45, 7) is 2.59. The Morgan fingerprint density at radius 3 is 2.95 bits per heavy atom. The van der Waals surface area contributed by atoms with Gasteiger partial charge >= 0.3 is 6.03 Å².